The molecule has 0 aliphatic carbocycles. The van der Waals surface area contributed by atoms with E-state index in [1.54, 1.807) is 6.08 Å². The zero-order chi connectivity index (χ0) is 10.4. The average molecular weight is 189 g/mol. The fourth-order valence-corrected chi connectivity index (χ4v) is 1.21. The van der Waals surface area contributed by atoms with Crippen LogP contribution in [-0.4, -0.2) is 12.5 Å². The summed E-state index contributed by atoms with van der Waals surface area (Å²) in [5, 5.41) is 2.73. The average Bonchev–Trinajstić information content (AvgIpc) is 2.19. The third-order valence-electron chi connectivity index (χ3n) is 1.93. The van der Waals surface area contributed by atoms with Crippen molar-refractivity contribution in [2.75, 3.05) is 6.54 Å². The molecule has 0 aliphatic heterocycles. The van der Waals surface area contributed by atoms with Crippen molar-refractivity contribution in [2.45, 2.75) is 13.8 Å². The molecule has 1 N–H and O–H groups in total. The van der Waals surface area contributed by atoms with Crippen molar-refractivity contribution in [2.24, 2.45) is 0 Å². The summed E-state index contributed by atoms with van der Waals surface area (Å²) in [6.07, 6.45) is 1.62. The van der Waals surface area contributed by atoms with E-state index in [0.29, 0.717) is 6.54 Å². The van der Waals surface area contributed by atoms with Crippen LogP contribution in [0, 0.1) is 0 Å². The van der Waals surface area contributed by atoms with Gasteiger partial charge in [-0.25, -0.2) is 0 Å². The van der Waals surface area contributed by atoms with Gasteiger partial charge >= 0.3 is 0 Å². The summed E-state index contributed by atoms with van der Waals surface area (Å²) in [4.78, 5) is 11.2. The van der Waals surface area contributed by atoms with Gasteiger partial charge in [0.2, 0.25) is 5.91 Å². The first-order valence-corrected chi connectivity index (χ1v) is 4.75. The highest BCUT2D eigenvalue weighted by atomic mass is 16.1. The van der Waals surface area contributed by atoms with Crippen LogP contribution in [0.1, 0.15) is 19.4 Å². The Kier molecular flexibility index (Phi) is 3.92. The van der Waals surface area contributed by atoms with E-state index in [-0.39, 0.29) is 5.91 Å². The summed E-state index contributed by atoms with van der Waals surface area (Å²) >= 11 is 0. The monoisotopic (exact) mass is 189 g/mol. The van der Waals surface area contributed by atoms with E-state index < -0.39 is 0 Å². The molecule has 0 unspecified atom stereocenters. The zero-order valence-electron chi connectivity index (χ0n) is 8.58. The van der Waals surface area contributed by atoms with Crippen LogP contribution in [0.2, 0.25) is 0 Å². The van der Waals surface area contributed by atoms with Crippen molar-refractivity contribution in [1.29, 1.82) is 0 Å². The van der Waals surface area contributed by atoms with Gasteiger partial charge in [0, 0.05) is 12.6 Å². The SMILES string of the molecule is CCNC(=O)/C=C(/C)c1ccccc1. The van der Waals surface area contributed by atoms with Crippen molar-refractivity contribution in [3.05, 3.63) is 42.0 Å². The number of hydrogen-bond acceptors (Lipinski definition) is 1. The van der Waals surface area contributed by atoms with Crippen LogP contribution in [0.3, 0.4) is 0 Å². The van der Waals surface area contributed by atoms with Crippen LogP contribution in [0.5, 0.6) is 0 Å². The Morgan fingerprint density at radius 1 is 1.36 bits per heavy atom. The first-order valence-electron chi connectivity index (χ1n) is 4.75. The number of nitrogens with one attached hydrogen (secondary N) is 1. The Hall–Kier alpha value is -1.57. The van der Waals surface area contributed by atoms with Gasteiger partial charge < -0.3 is 5.32 Å². The van der Waals surface area contributed by atoms with Crippen LogP contribution in [0.15, 0.2) is 36.4 Å². The van der Waals surface area contributed by atoms with Crippen LogP contribution >= 0.6 is 0 Å². The Labute approximate surface area is 84.6 Å². The summed E-state index contributed by atoms with van der Waals surface area (Å²) in [6, 6.07) is 9.87. The molecule has 0 atom stereocenters. The Balaban J connectivity index is 2.75. The number of carbonyl (C=O) groups excluding carboxylic acids is 1. The standard InChI is InChI=1S/C12H15NO/c1-3-13-12(14)9-10(2)11-7-5-4-6-8-11/h4-9H,3H2,1-2H3,(H,13,14)/b10-9-. The molecule has 1 amide bonds. The molecule has 0 saturated carbocycles. The van der Waals surface area contributed by atoms with Gasteiger partial charge in [-0.05, 0) is 25.0 Å². The molecule has 0 saturated heterocycles. The second-order valence-electron chi connectivity index (χ2n) is 3.09. The van der Waals surface area contributed by atoms with Crippen molar-refractivity contribution in [1.82, 2.24) is 5.32 Å². The van der Waals surface area contributed by atoms with Crippen molar-refractivity contribution < 1.29 is 4.79 Å². The number of carbonyl (C=O) groups is 1. The van der Waals surface area contributed by atoms with E-state index >= 15 is 0 Å². The lowest BCUT2D eigenvalue weighted by atomic mass is 10.1. The molecule has 0 aromatic heterocycles. The molecule has 0 radical (unpaired) electrons. The molecular weight excluding hydrogens is 174 g/mol. The molecule has 0 spiro atoms. The molecule has 1 rings (SSSR count). The molecular formula is C12H15NO. The smallest absolute Gasteiger partial charge is 0.244 e. The second kappa shape index (κ2) is 5.22. The minimum absolute atomic E-state index is 0.0335. The molecule has 0 fully saturated rings. The van der Waals surface area contributed by atoms with Gasteiger partial charge in [0.15, 0.2) is 0 Å². The van der Waals surface area contributed by atoms with Crippen LogP contribution in [-0.2, 0) is 4.79 Å². The lowest BCUT2D eigenvalue weighted by Gasteiger charge is -2.01. The van der Waals surface area contributed by atoms with Gasteiger partial charge in [0.05, 0.1) is 0 Å². The number of rotatable bonds is 3. The Morgan fingerprint density at radius 2 is 2.00 bits per heavy atom. The van der Waals surface area contributed by atoms with Crippen LogP contribution in [0.4, 0.5) is 0 Å². The van der Waals surface area contributed by atoms with E-state index in [1.807, 2.05) is 44.2 Å². The fourth-order valence-electron chi connectivity index (χ4n) is 1.21. The third-order valence-corrected chi connectivity index (χ3v) is 1.93. The fraction of sp³-hybridized carbons (Fsp3) is 0.250. The highest BCUT2D eigenvalue weighted by Gasteiger charge is 1.97. The summed E-state index contributed by atoms with van der Waals surface area (Å²) < 4.78 is 0. The van der Waals surface area contributed by atoms with Crippen molar-refractivity contribution >= 4 is 11.5 Å². The number of likely N-dealkylation sites (N-methyl/N-ethyl adjacent to an activating group) is 1. The number of allylic oxidation sites excluding steroid dienone is 1. The number of amides is 1. The van der Waals surface area contributed by atoms with E-state index in [9.17, 15) is 4.79 Å². The number of hydrogen-bond donors (Lipinski definition) is 1. The van der Waals surface area contributed by atoms with E-state index in [1.165, 1.54) is 0 Å². The van der Waals surface area contributed by atoms with Gasteiger partial charge in [-0.1, -0.05) is 30.3 Å². The predicted octanol–water partition coefficient (Wildman–Crippen LogP) is 2.23. The molecule has 2 heteroatoms. The third kappa shape index (κ3) is 3.05. The molecule has 2 nitrogen and oxygen atoms in total. The molecule has 1 aromatic rings. The largest absolute Gasteiger partial charge is 0.353 e. The maximum absolute atomic E-state index is 11.2. The van der Waals surface area contributed by atoms with Gasteiger partial charge in [-0.3, -0.25) is 4.79 Å². The van der Waals surface area contributed by atoms with Gasteiger partial charge in [-0.2, -0.15) is 0 Å². The van der Waals surface area contributed by atoms with E-state index in [2.05, 4.69) is 5.32 Å². The molecule has 0 heterocycles. The minimum Gasteiger partial charge on any atom is -0.353 e. The number of benzene rings is 1. The predicted molar refractivity (Wildman–Crippen MR) is 58.8 cm³/mol. The summed E-state index contributed by atoms with van der Waals surface area (Å²) in [7, 11) is 0. The van der Waals surface area contributed by atoms with Gasteiger partial charge in [0.25, 0.3) is 0 Å². The van der Waals surface area contributed by atoms with Crippen molar-refractivity contribution in [3.8, 4) is 0 Å². The first-order chi connectivity index (χ1) is 6.74. The first kappa shape index (κ1) is 10.5. The van der Waals surface area contributed by atoms with Crippen molar-refractivity contribution in [3.63, 3.8) is 0 Å². The topological polar surface area (TPSA) is 29.1 Å². The normalized spacial score (nSPS) is 11.1. The summed E-state index contributed by atoms with van der Waals surface area (Å²) in [5.74, 6) is -0.0335. The quantitative estimate of drug-likeness (QED) is 0.726. The van der Waals surface area contributed by atoms with Gasteiger partial charge in [-0.15, -0.1) is 0 Å². The summed E-state index contributed by atoms with van der Waals surface area (Å²) in [5.41, 5.74) is 2.07. The van der Waals surface area contributed by atoms with E-state index in [4.69, 9.17) is 0 Å². The molecule has 74 valence electrons. The molecule has 0 aliphatic rings. The lowest BCUT2D eigenvalue weighted by molar-refractivity contribution is -0.116. The second-order valence-corrected chi connectivity index (χ2v) is 3.09. The maximum atomic E-state index is 11.2. The molecule has 0 bridgehead atoms. The molecule has 14 heavy (non-hydrogen) atoms. The Bertz CT molecular complexity index is 327. The minimum atomic E-state index is -0.0335. The summed E-state index contributed by atoms with van der Waals surface area (Å²) in [6.45, 7) is 4.51. The zero-order valence-corrected chi connectivity index (χ0v) is 8.58. The van der Waals surface area contributed by atoms with Gasteiger partial charge in [0.1, 0.15) is 0 Å². The van der Waals surface area contributed by atoms with Crippen LogP contribution < -0.4 is 5.32 Å². The highest BCUT2D eigenvalue weighted by Crippen LogP contribution is 2.11. The van der Waals surface area contributed by atoms with E-state index in [0.717, 1.165) is 11.1 Å². The molecule has 1 aromatic carbocycles. The highest BCUT2D eigenvalue weighted by molar-refractivity contribution is 5.94. The lowest BCUT2D eigenvalue weighted by Crippen LogP contribution is -2.20. The van der Waals surface area contributed by atoms with Crippen LogP contribution in [0.25, 0.3) is 5.57 Å². The Morgan fingerprint density at radius 3 is 2.57 bits per heavy atom. The maximum Gasteiger partial charge on any atom is 0.244 e.